The van der Waals surface area contributed by atoms with Crippen LogP contribution in [0.15, 0.2) is 16.7 Å². The van der Waals surface area contributed by atoms with E-state index in [1.807, 2.05) is 13.0 Å². The summed E-state index contributed by atoms with van der Waals surface area (Å²) in [6.45, 7) is 1.96. The molecule has 2 rings (SSSR count). The number of carbonyl (C=O) groups is 1. The maximum atomic E-state index is 10.9. The van der Waals surface area contributed by atoms with Crippen LogP contribution in [0.2, 0.25) is 0 Å². The van der Waals surface area contributed by atoms with E-state index in [0.717, 1.165) is 17.1 Å². The number of carboxylic acids is 1. The van der Waals surface area contributed by atoms with Gasteiger partial charge in [0.2, 0.25) is 0 Å². The monoisotopic (exact) mass is 227 g/mol. The van der Waals surface area contributed by atoms with Gasteiger partial charge in [-0.05, 0) is 30.7 Å². The number of rotatable bonds is 2. The molecule has 0 saturated carbocycles. The van der Waals surface area contributed by atoms with Gasteiger partial charge in [-0.1, -0.05) is 0 Å². The first-order chi connectivity index (χ1) is 7.18. The zero-order valence-corrected chi connectivity index (χ0v) is 9.21. The van der Waals surface area contributed by atoms with E-state index in [1.165, 1.54) is 0 Å². The van der Waals surface area contributed by atoms with E-state index < -0.39 is 12.0 Å². The van der Waals surface area contributed by atoms with Gasteiger partial charge < -0.3 is 9.52 Å². The molecule has 2 N–H and O–H groups in total. The van der Waals surface area contributed by atoms with Crippen LogP contribution in [-0.2, 0) is 4.79 Å². The van der Waals surface area contributed by atoms with Gasteiger partial charge in [-0.15, -0.1) is 11.8 Å². The number of aliphatic carboxylic acids is 1. The van der Waals surface area contributed by atoms with Crippen molar-refractivity contribution in [2.75, 3.05) is 5.75 Å². The minimum atomic E-state index is -0.787. The van der Waals surface area contributed by atoms with Gasteiger partial charge in [0.05, 0.1) is 6.26 Å². The topological polar surface area (TPSA) is 62.5 Å². The Kier molecular flexibility index (Phi) is 3.02. The highest BCUT2D eigenvalue weighted by atomic mass is 32.2. The van der Waals surface area contributed by atoms with E-state index in [-0.39, 0.29) is 5.37 Å². The summed E-state index contributed by atoms with van der Waals surface area (Å²) in [5.41, 5.74) is 1.06. The quantitative estimate of drug-likeness (QED) is 0.806. The summed E-state index contributed by atoms with van der Waals surface area (Å²) in [5, 5.41) is 12.0. The first-order valence-electron chi connectivity index (χ1n) is 4.83. The molecule has 0 aliphatic carbocycles. The van der Waals surface area contributed by atoms with Gasteiger partial charge in [-0.3, -0.25) is 10.1 Å². The molecule has 1 aromatic heterocycles. The van der Waals surface area contributed by atoms with Crippen LogP contribution >= 0.6 is 11.8 Å². The predicted octanol–water partition coefficient (Wildman–Crippen LogP) is 1.77. The Balaban J connectivity index is 2.11. The third-order valence-corrected chi connectivity index (χ3v) is 3.64. The normalized spacial score (nSPS) is 26.5. The molecule has 0 aromatic carbocycles. The van der Waals surface area contributed by atoms with Gasteiger partial charge in [-0.25, -0.2) is 0 Å². The number of aryl methyl sites for hydroxylation is 1. The number of nitrogens with one attached hydrogen (secondary N) is 1. The number of hydrogen-bond donors (Lipinski definition) is 2. The molecule has 1 aliphatic rings. The summed E-state index contributed by atoms with van der Waals surface area (Å²) in [6.07, 6.45) is 2.30. The fourth-order valence-electron chi connectivity index (χ4n) is 1.62. The maximum absolute atomic E-state index is 10.9. The molecule has 82 valence electrons. The average Bonchev–Trinajstić information content (AvgIpc) is 2.64. The van der Waals surface area contributed by atoms with Crippen LogP contribution in [0.25, 0.3) is 0 Å². The molecule has 5 heteroatoms. The van der Waals surface area contributed by atoms with Gasteiger partial charge in [0.25, 0.3) is 0 Å². The first-order valence-corrected chi connectivity index (χ1v) is 5.88. The molecule has 0 bridgehead atoms. The molecule has 0 radical (unpaired) electrons. The Morgan fingerprint density at radius 2 is 2.53 bits per heavy atom. The van der Waals surface area contributed by atoms with Gasteiger partial charge in [0, 0.05) is 0 Å². The number of hydrogen-bond acceptors (Lipinski definition) is 4. The molecule has 15 heavy (non-hydrogen) atoms. The number of carboxylic acid groups (broad SMARTS) is 1. The molecule has 1 saturated heterocycles. The number of furan rings is 1. The molecule has 0 spiro atoms. The van der Waals surface area contributed by atoms with E-state index >= 15 is 0 Å². The molecule has 2 heterocycles. The van der Waals surface area contributed by atoms with Crippen LogP contribution in [-0.4, -0.2) is 22.9 Å². The van der Waals surface area contributed by atoms with Crippen molar-refractivity contribution in [3.63, 3.8) is 0 Å². The zero-order chi connectivity index (χ0) is 10.8. The number of thioether (sulfide) groups is 1. The largest absolute Gasteiger partial charge is 0.480 e. The summed E-state index contributed by atoms with van der Waals surface area (Å²) in [4.78, 5) is 10.9. The minimum Gasteiger partial charge on any atom is -0.480 e. The van der Waals surface area contributed by atoms with E-state index in [2.05, 4.69) is 5.32 Å². The van der Waals surface area contributed by atoms with Crippen molar-refractivity contribution >= 4 is 17.7 Å². The Bertz CT molecular complexity index is 363. The lowest BCUT2D eigenvalue weighted by atomic mass is 10.2. The van der Waals surface area contributed by atoms with Crippen LogP contribution in [0.1, 0.15) is 23.1 Å². The highest BCUT2D eigenvalue weighted by molar-refractivity contribution is 7.99. The van der Waals surface area contributed by atoms with Gasteiger partial charge in [0.1, 0.15) is 17.2 Å². The summed E-state index contributed by atoms with van der Waals surface area (Å²) in [5.74, 6) is 0.893. The van der Waals surface area contributed by atoms with Crippen LogP contribution in [0.3, 0.4) is 0 Å². The lowest BCUT2D eigenvalue weighted by Crippen LogP contribution is -2.41. The molecule has 2 unspecified atom stereocenters. The van der Waals surface area contributed by atoms with Gasteiger partial charge >= 0.3 is 5.97 Å². The maximum Gasteiger partial charge on any atom is 0.320 e. The van der Waals surface area contributed by atoms with Crippen molar-refractivity contribution < 1.29 is 14.3 Å². The predicted molar refractivity (Wildman–Crippen MR) is 57.8 cm³/mol. The Hall–Kier alpha value is -0.940. The molecule has 1 aliphatic heterocycles. The second-order valence-corrected chi connectivity index (χ2v) is 4.78. The summed E-state index contributed by atoms with van der Waals surface area (Å²) in [7, 11) is 0. The molecular weight excluding hydrogens is 214 g/mol. The summed E-state index contributed by atoms with van der Waals surface area (Å²) < 4.78 is 5.36. The standard InChI is InChI=1S/C10H13NO3S/c1-6-2-4-14-8(6)9-11-7(10(12)13)3-5-15-9/h2,4,7,9,11H,3,5H2,1H3,(H,12,13). The zero-order valence-electron chi connectivity index (χ0n) is 8.40. The third-order valence-electron chi connectivity index (χ3n) is 2.48. The van der Waals surface area contributed by atoms with Crippen molar-refractivity contribution in [3.05, 3.63) is 23.7 Å². The fourth-order valence-corrected chi connectivity index (χ4v) is 2.88. The molecule has 1 fully saturated rings. The highest BCUT2D eigenvalue weighted by Gasteiger charge is 2.29. The fraction of sp³-hybridized carbons (Fsp3) is 0.500. The molecule has 4 nitrogen and oxygen atoms in total. The minimum absolute atomic E-state index is 0.0325. The van der Waals surface area contributed by atoms with E-state index in [1.54, 1.807) is 18.0 Å². The second kappa shape index (κ2) is 4.28. The van der Waals surface area contributed by atoms with Crippen LogP contribution in [0, 0.1) is 6.92 Å². The SMILES string of the molecule is Cc1ccoc1C1NC(C(=O)O)CCS1. The van der Waals surface area contributed by atoms with Crippen LogP contribution in [0.4, 0.5) is 0 Å². The molecule has 2 atom stereocenters. The molecule has 1 aromatic rings. The Morgan fingerprint density at radius 3 is 3.13 bits per heavy atom. The van der Waals surface area contributed by atoms with Gasteiger partial charge in [0.15, 0.2) is 0 Å². The Labute approximate surface area is 92.0 Å². The third kappa shape index (κ3) is 2.18. The smallest absolute Gasteiger partial charge is 0.320 e. The lowest BCUT2D eigenvalue weighted by Gasteiger charge is -2.27. The van der Waals surface area contributed by atoms with E-state index in [9.17, 15) is 4.79 Å². The van der Waals surface area contributed by atoms with Crippen molar-refractivity contribution in [2.24, 2.45) is 0 Å². The summed E-state index contributed by atoms with van der Waals surface area (Å²) in [6, 6.07) is 1.43. The highest BCUT2D eigenvalue weighted by Crippen LogP contribution is 2.33. The van der Waals surface area contributed by atoms with Crippen LogP contribution in [0.5, 0.6) is 0 Å². The lowest BCUT2D eigenvalue weighted by molar-refractivity contribution is -0.139. The first kappa shape index (κ1) is 10.6. The summed E-state index contributed by atoms with van der Waals surface area (Å²) >= 11 is 1.69. The molecular formula is C10H13NO3S. The Morgan fingerprint density at radius 1 is 1.73 bits per heavy atom. The van der Waals surface area contributed by atoms with Crippen LogP contribution < -0.4 is 5.32 Å². The van der Waals surface area contributed by atoms with Crippen molar-refractivity contribution in [1.82, 2.24) is 5.32 Å². The van der Waals surface area contributed by atoms with Crippen molar-refractivity contribution in [2.45, 2.75) is 24.8 Å². The van der Waals surface area contributed by atoms with E-state index in [4.69, 9.17) is 9.52 Å². The van der Waals surface area contributed by atoms with Gasteiger partial charge in [-0.2, -0.15) is 0 Å². The average molecular weight is 227 g/mol. The van der Waals surface area contributed by atoms with E-state index in [0.29, 0.717) is 6.42 Å². The van der Waals surface area contributed by atoms with Crippen molar-refractivity contribution in [3.8, 4) is 0 Å². The molecule has 0 amide bonds. The second-order valence-electron chi connectivity index (χ2n) is 3.56. The van der Waals surface area contributed by atoms with Crippen molar-refractivity contribution in [1.29, 1.82) is 0 Å².